The largest absolute Gasteiger partial charge is 0.341 e. The van der Waals surface area contributed by atoms with Crippen LogP contribution in [0.25, 0.3) is 11.0 Å². The molecule has 0 amide bonds. The SMILES string of the molecule is C1=CC2=CC(N(Cc3ccncc3)Cc3nc4ccccc4[nH]3)CCC2N=C1. The second kappa shape index (κ2) is 7.52. The van der Waals surface area contributed by atoms with E-state index in [4.69, 9.17) is 4.98 Å². The summed E-state index contributed by atoms with van der Waals surface area (Å²) in [5.74, 6) is 1.01. The molecule has 3 heterocycles. The van der Waals surface area contributed by atoms with Crippen LogP contribution in [0.2, 0.25) is 0 Å². The van der Waals surface area contributed by atoms with Crippen molar-refractivity contribution in [1.29, 1.82) is 0 Å². The first kappa shape index (κ1) is 17.1. The van der Waals surface area contributed by atoms with Crippen LogP contribution in [-0.2, 0) is 13.1 Å². The summed E-state index contributed by atoms with van der Waals surface area (Å²) in [7, 11) is 0. The summed E-state index contributed by atoms with van der Waals surface area (Å²) in [6.45, 7) is 1.65. The number of benzene rings is 1. The lowest BCUT2D eigenvalue weighted by molar-refractivity contribution is 0.188. The summed E-state index contributed by atoms with van der Waals surface area (Å²) in [4.78, 5) is 19.6. The Morgan fingerprint density at radius 2 is 1.93 bits per heavy atom. The average molecular weight is 369 g/mol. The molecule has 2 aliphatic rings. The van der Waals surface area contributed by atoms with Crippen LogP contribution in [0.1, 0.15) is 24.2 Å². The Kier molecular flexibility index (Phi) is 4.59. The molecule has 1 aliphatic carbocycles. The highest BCUT2D eigenvalue weighted by molar-refractivity contribution is 5.75. The molecule has 28 heavy (non-hydrogen) atoms. The van der Waals surface area contributed by atoms with E-state index in [0.29, 0.717) is 12.1 Å². The van der Waals surface area contributed by atoms with E-state index in [1.54, 1.807) is 0 Å². The maximum Gasteiger partial charge on any atom is 0.121 e. The zero-order valence-electron chi connectivity index (χ0n) is 15.7. The van der Waals surface area contributed by atoms with E-state index in [-0.39, 0.29) is 0 Å². The Hall–Kier alpha value is -3.05. The smallest absolute Gasteiger partial charge is 0.121 e. The number of imidazole rings is 1. The highest BCUT2D eigenvalue weighted by atomic mass is 15.2. The number of rotatable bonds is 5. The van der Waals surface area contributed by atoms with Crippen molar-refractivity contribution in [2.24, 2.45) is 4.99 Å². The molecule has 2 unspecified atom stereocenters. The molecule has 5 heteroatoms. The predicted octanol–water partition coefficient (Wildman–Crippen LogP) is 4.06. The summed E-state index contributed by atoms with van der Waals surface area (Å²) in [6.07, 6.45) is 14.5. The molecule has 2 aromatic heterocycles. The van der Waals surface area contributed by atoms with E-state index in [1.807, 2.05) is 36.8 Å². The minimum Gasteiger partial charge on any atom is -0.341 e. The van der Waals surface area contributed by atoms with Gasteiger partial charge < -0.3 is 4.98 Å². The molecule has 0 spiro atoms. The van der Waals surface area contributed by atoms with Crippen molar-refractivity contribution in [2.45, 2.75) is 38.0 Å². The van der Waals surface area contributed by atoms with Crippen molar-refractivity contribution >= 4 is 17.2 Å². The maximum atomic E-state index is 4.80. The fourth-order valence-electron chi connectivity index (χ4n) is 4.12. The van der Waals surface area contributed by atoms with E-state index in [9.17, 15) is 0 Å². The van der Waals surface area contributed by atoms with E-state index < -0.39 is 0 Å². The standard InChI is InChI=1S/C23H23N5/c1-2-6-22-21(5-1)26-23(27-22)16-28(15-17-9-12-24-13-10-17)19-7-8-20-18(14-19)4-3-11-25-20/h1-6,9-14,19-20H,7-8,15-16H2,(H,26,27). The number of para-hydroxylation sites is 2. The second-order valence-corrected chi connectivity index (χ2v) is 7.45. The number of hydrogen-bond acceptors (Lipinski definition) is 4. The number of allylic oxidation sites excluding steroid dienone is 1. The Labute approximate surface area is 164 Å². The third-order valence-electron chi connectivity index (χ3n) is 5.54. The first-order valence-electron chi connectivity index (χ1n) is 9.83. The van der Waals surface area contributed by atoms with Gasteiger partial charge in [0.15, 0.2) is 0 Å². The van der Waals surface area contributed by atoms with Gasteiger partial charge in [-0.1, -0.05) is 24.3 Å². The lowest BCUT2D eigenvalue weighted by Crippen LogP contribution is -2.37. The van der Waals surface area contributed by atoms with Crippen molar-refractivity contribution < 1.29 is 0 Å². The Morgan fingerprint density at radius 3 is 2.82 bits per heavy atom. The van der Waals surface area contributed by atoms with Gasteiger partial charge in [-0.15, -0.1) is 0 Å². The number of dihydropyridines is 1. The number of aliphatic imine (C=N–C) groups is 1. The molecular weight excluding hydrogens is 346 g/mol. The van der Waals surface area contributed by atoms with Gasteiger partial charge in [-0.2, -0.15) is 0 Å². The zero-order chi connectivity index (χ0) is 18.8. The number of hydrogen-bond donors (Lipinski definition) is 1. The van der Waals surface area contributed by atoms with Gasteiger partial charge in [0.05, 0.1) is 23.6 Å². The number of nitrogens with one attached hydrogen (secondary N) is 1. The number of H-pyrrole nitrogens is 1. The second-order valence-electron chi connectivity index (χ2n) is 7.45. The summed E-state index contributed by atoms with van der Waals surface area (Å²) in [6, 6.07) is 13.1. The van der Waals surface area contributed by atoms with E-state index >= 15 is 0 Å². The van der Waals surface area contributed by atoms with Crippen molar-refractivity contribution in [1.82, 2.24) is 19.9 Å². The van der Waals surface area contributed by atoms with Crippen molar-refractivity contribution in [2.75, 3.05) is 0 Å². The van der Waals surface area contributed by atoms with Gasteiger partial charge in [0.2, 0.25) is 0 Å². The van der Waals surface area contributed by atoms with Crippen molar-refractivity contribution in [3.05, 3.63) is 84.0 Å². The number of fused-ring (bicyclic) bond motifs is 2. The van der Waals surface area contributed by atoms with Crippen LogP contribution in [0, 0.1) is 0 Å². The number of aromatic amines is 1. The first-order valence-corrected chi connectivity index (χ1v) is 9.83. The molecule has 3 aromatic rings. The normalized spacial score (nSPS) is 21.1. The Morgan fingerprint density at radius 1 is 1.04 bits per heavy atom. The zero-order valence-corrected chi connectivity index (χ0v) is 15.7. The third kappa shape index (κ3) is 3.53. The van der Waals surface area contributed by atoms with E-state index in [0.717, 1.165) is 42.8 Å². The molecule has 0 bridgehead atoms. The summed E-state index contributed by atoms with van der Waals surface area (Å²) in [5, 5.41) is 0. The van der Waals surface area contributed by atoms with Crippen LogP contribution in [0.15, 0.2) is 77.6 Å². The van der Waals surface area contributed by atoms with Gasteiger partial charge >= 0.3 is 0 Å². The summed E-state index contributed by atoms with van der Waals surface area (Å²) in [5.41, 5.74) is 4.72. The van der Waals surface area contributed by atoms with Crippen LogP contribution < -0.4 is 0 Å². The Balaban J connectivity index is 1.44. The quantitative estimate of drug-likeness (QED) is 0.738. The van der Waals surface area contributed by atoms with Gasteiger partial charge in [-0.3, -0.25) is 14.9 Å². The topological polar surface area (TPSA) is 57.2 Å². The Bertz CT molecular complexity index is 1010. The molecule has 0 radical (unpaired) electrons. The van der Waals surface area contributed by atoms with Crippen LogP contribution in [0.3, 0.4) is 0 Å². The van der Waals surface area contributed by atoms with Gasteiger partial charge in [0.1, 0.15) is 5.82 Å². The van der Waals surface area contributed by atoms with E-state index in [1.165, 1.54) is 11.1 Å². The first-order chi connectivity index (χ1) is 13.8. The van der Waals surface area contributed by atoms with Crippen LogP contribution in [0.4, 0.5) is 0 Å². The van der Waals surface area contributed by atoms with Crippen molar-refractivity contribution in [3.8, 4) is 0 Å². The molecule has 140 valence electrons. The number of pyridine rings is 1. The minimum absolute atomic E-state index is 0.329. The number of aromatic nitrogens is 3. The molecule has 1 aliphatic heterocycles. The average Bonchev–Trinajstić information content (AvgIpc) is 3.16. The van der Waals surface area contributed by atoms with Gasteiger partial charge in [0, 0.05) is 31.2 Å². The molecule has 0 fully saturated rings. The highest BCUT2D eigenvalue weighted by Crippen LogP contribution is 2.29. The van der Waals surface area contributed by atoms with Crippen LogP contribution in [-0.4, -0.2) is 38.2 Å². The molecule has 5 rings (SSSR count). The van der Waals surface area contributed by atoms with Crippen LogP contribution >= 0.6 is 0 Å². The summed E-state index contributed by atoms with van der Waals surface area (Å²) >= 11 is 0. The summed E-state index contributed by atoms with van der Waals surface area (Å²) < 4.78 is 0. The van der Waals surface area contributed by atoms with Gasteiger partial charge in [0.25, 0.3) is 0 Å². The van der Waals surface area contributed by atoms with Crippen molar-refractivity contribution in [3.63, 3.8) is 0 Å². The third-order valence-corrected chi connectivity index (χ3v) is 5.54. The number of nitrogens with zero attached hydrogens (tertiary/aromatic N) is 4. The fourth-order valence-corrected chi connectivity index (χ4v) is 4.12. The van der Waals surface area contributed by atoms with Gasteiger partial charge in [-0.25, -0.2) is 4.98 Å². The minimum atomic E-state index is 0.329. The maximum absolute atomic E-state index is 4.80. The molecule has 0 saturated heterocycles. The highest BCUT2D eigenvalue weighted by Gasteiger charge is 2.26. The molecule has 1 N–H and O–H groups in total. The molecule has 0 saturated carbocycles. The van der Waals surface area contributed by atoms with Crippen LogP contribution in [0.5, 0.6) is 0 Å². The lowest BCUT2D eigenvalue weighted by atomic mass is 9.89. The lowest BCUT2D eigenvalue weighted by Gasteiger charge is -2.34. The molecule has 1 aromatic carbocycles. The molecule has 5 nitrogen and oxygen atoms in total. The monoisotopic (exact) mass is 369 g/mol. The fraction of sp³-hybridized carbons (Fsp3) is 0.261. The molecule has 2 atom stereocenters. The predicted molar refractivity (Wildman–Crippen MR) is 112 cm³/mol. The van der Waals surface area contributed by atoms with E-state index in [2.05, 4.69) is 56.3 Å². The molecular formula is C23H23N5. The van der Waals surface area contributed by atoms with Gasteiger partial charge in [-0.05, 0) is 54.3 Å².